The lowest BCUT2D eigenvalue weighted by molar-refractivity contribution is 0.104. The predicted molar refractivity (Wildman–Crippen MR) is 77.9 cm³/mol. The quantitative estimate of drug-likeness (QED) is 0.689. The number of aryl methyl sites for hydroxylation is 1. The van der Waals surface area contributed by atoms with Gasteiger partial charge in [0.05, 0.1) is 5.02 Å². The van der Waals surface area contributed by atoms with Crippen LogP contribution in [-0.4, -0.2) is 10.8 Å². The number of carbonyl (C=O) groups excluding carboxylic acids is 1. The van der Waals surface area contributed by atoms with E-state index in [1.165, 1.54) is 0 Å². The molecular weight excluding hydrogens is 258 g/mol. The lowest BCUT2D eigenvalue weighted by atomic mass is 10.0. The molecule has 1 heterocycles. The average Bonchev–Trinajstić information content (AvgIpc) is 2.81. The zero-order valence-electron chi connectivity index (χ0n) is 10.4. The van der Waals surface area contributed by atoms with Crippen LogP contribution in [0, 0.1) is 6.92 Å². The van der Waals surface area contributed by atoms with Crippen molar-refractivity contribution in [2.45, 2.75) is 6.92 Å². The van der Waals surface area contributed by atoms with Crippen LogP contribution in [0.25, 0.3) is 10.9 Å². The van der Waals surface area contributed by atoms with Gasteiger partial charge in [-0.2, -0.15) is 0 Å². The fourth-order valence-corrected chi connectivity index (χ4v) is 2.44. The molecule has 3 rings (SSSR count). The molecule has 3 heteroatoms. The van der Waals surface area contributed by atoms with Crippen LogP contribution in [-0.2, 0) is 0 Å². The number of aromatic amines is 1. The SMILES string of the molecule is Cc1ccc2c(C(=O)c3ccccc3Cl)c[nH]c2c1. The van der Waals surface area contributed by atoms with Gasteiger partial charge in [0.25, 0.3) is 0 Å². The Balaban J connectivity index is 2.15. The Morgan fingerprint density at radius 1 is 1.11 bits per heavy atom. The van der Waals surface area contributed by atoms with Gasteiger partial charge in [0.1, 0.15) is 0 Å². The van der Waals surface area contributed by atoms with Gasteiger partial charge in [-0.1, -0.05) is 35.9 Å². The van der Waals surface area contributed by atoms with Crippen LogP contribution in [0.4, 0.5) is 0 Å². The molecule has 0 atom stereocenters. The van der Waals surface area contributed by atoms with Gasteiger partial charge >= 0.3 is 0 Å². The van der Waals surface area contributed by atoms with Crippen LogP contribution in [0.5, 0.6) is 0 Å². The molecule has 3 aromatic rings. The summed E-state index contributed by atoms with van der Waals surface area (Å²) in [6.07, 6.45) is 1.75. The molecule has 0 unspecified atom stereocenters. The van der Waals surface area contributed by atoms with Gasteiger partial charge in [-0.05, 0) is 30.7 Å². The summed E-state index contributed by atoms with van der Waals surface area (Å²) in [5.41, 5.74) is 3.32. The maximum atomic E-state index is 12.5. The molecule has 0 aliphatic rings. The third kappa shape index (κ3) is 2.04. The van der Waals surface area contributed by atoms with Gasteiger partial charge in [-0.25, -0.2) is 0 Å². The largest absolute Gasteiger partial charge is 0.360 e. The van der Waals surface area contributed by atoms with Crippen molar-refractivity contribution in [2.75, 3.05) is 0 Å². The second-order valence-electron chi connectivity index (χ2n) is 4.56. The van der Waals surface area contributed by atoms with E-state index >= 15 is 0 Å². The first-order chi connectivity index (χ1) is 9.16. The van der Waals surface area contributed by atoms with Crippen molar-refractivity contribution in [2.24, 2.45) is 0 Å². The molecule has 0 aliphatic heterocycles. The summed E-state index contributed by atoms with van der Waals surface area (Å²) in [6, 6.07) is 13.1. The van der Waals surface area contributed by atoms with E-state index in [-0.39, 0.29) is 5.78 Å². The Kier molecular flexibility index (Phi) is 2.88. The minimum Gasteiger partial charge on any atom is -0.360 e. The first-order valence-electron chi connectivity index (χ1n) is 6.04. The zero-order valence-corrected chi connectivity index (χ0v) is 11.2. The fraction of sp³-hybridized carbons (Fsp3) is 0.0625. The van der Waals surface area contributed by atoms with Crippen LogP contribution in [0.3, 0.4) is 0 Å². The lowest BCUT2D eigenvalue weighted by Crippen LogP contribution is -2.00. The van der Waals surface area contributed by atoms with Crippen LogP contribution in [0.1, 0.15) is 21.5 Å². The summed E-state index contributed by atoms with van der Waals surface area (Å²) in [6.45, 7) is 2.02. The molecule has 94 valence electrons. The van der Waals surface area contributed by atoms with Gasteiger partial charge in [0.15, 0.2) is 5.78 Å². The van der Waals surface area contributed by atoms with Crippen molar-refractivity contribution >= 4 is 28.3 Å². The van der Waals surface area contributed by atoms with Crippen molar-refractivity contribution in [3.05, 3.63) is 70.4 Å². The Morgan fingerprint density at radius 2 is 1.89 bits per heavy atom. The van der Waals surface area contributed by atoms with E-state index in [0.717, 1.165) is 16.5 Å². The van der Waals surface area contributed by atoms with Crippen LogP contribution in [0.15, 0.2) is 48.7 Å². The van der Waals surface area contributed by atoms with Crippen LogP contribution < -0.4 is 0 Å². The predicted octanol–water partition coefficient (Wildman–Crippen LogP) is 4.36. The number of hydrogen-bond acceptors (Lipinski definition) is 1. The standard InChI is InChI=1S/C16H12ClNO/c1-10-6-7-11-13(9-18-15(11)8-10)16(19)12-4-2-3-5-14(12)17/h2-9,18H,1H3. The highest BCUT2D eigenvalue weighted by molar-refractivity contribution is 6.35. The summed E-state index contributed by atoms with van der Waals surface area (Å²) in [5, 5.41) is 1.41. The van der Waals surface area contributed by atoms with E-state index in [2.05, 4.69) is 4.98 Å². The number of carbonyl (C=O) groups is 1. The molecule has 0 amide bonds. The molecule has 0 spiro atoms. The molecule has 0 aliphatic carbocycles. The normalized spacial score (nSPS) is 10.8. The minimum absolute atomic E-state index is 0.0549. The van der Waals surface area contributed by atoms with E-state index < -0.39 is 0 Å². The third-order valence-electron chi connectivity index (χ3n) is 3.20. The van der Waals surface area contributed by atoms with Crippen molar-refractivity contribution in [1.29, 1.82) is 0 Å². The maximum Gasteiger partial charge on any atom is 0.196 e. The Hall–Kier alpha value is -2.06. The monoisotopic (exact) mass is 269 g/mol. The Morgan fingerprint density at radius 3 is 2.68 bits per heavy atom. The number of nitrogens with one attached hydrogen (secondary N) is 1. The fourth-order valence-electron chi connectivity index (χ4n) is 2.22. The van der Waals surface area contributed by atoms with Gasteiger partial charge in [0.2, 0.25) is 0 Å². The molecule has 0 bridgehead atoms. The van der Waals surface area contributed by atoms with E-state index in [9.17, 15) is 4.79 Å². The molecule has 0 saturated carbocycles. The number of halogens is 1. The molecule has 2 nitrogen and oxygen atoms in total. The minimum atomic E-state index is -0.0549. The van der Waals surface area contributed by atoms with Crippen LogP contribution in [0.2, 0.25) is 5.02 Å². The third-order valence-corrected chi connectivity index (χ3v) is 3.53. The highest BCUT2D eigenvalue weighted by Crippen LogP contribution is 2.25. The van der Waals surface area contributed by atoms with Gasteiger partial charge < -0.3 is 4.98 Å². The number of hydrogen-bond donors (Lipinski definition) is 1. The van der Waals surface area contributed by atoms with Gasteiger partial charge in [-0.3, -0.25) is 4.79 Å². The topological polar surface area (TPSA) is 32.9 Å². The Bertz CT molecular complexity index is 773. The summed E-state index contributed by atoms with van der Waals surface area (Å²) in [5.74, 6) is -0.0549. The van der Waals surface area contributed by atoms with Crippen molar-refractivity contribution in [3.8, 4) is 0 Å². The first-order valence-corrected chi connectivity index (χ1v) is 6.41. The summed E-state index contributed by atoms with van der Waals surface area (Å²) in [4.78, 5) is 15.7. The van der Waals surface area contributed by atoms with E-state index in [1.54, 1.807) is 18.3 Å². The number of benzene rings is 2. The molecular formula is C16H12ClNO. The van der Waals surface area contributed by atoms with Crippen molar-refractivity contribution in [1.82, 2.24) is 4.98 Å². The highest BCUT2D eigenvalue weighted by Gasteiger charge is 2.16. The number of aromatic nitrogens is 1. The molecule has 2 aromatic carbocycles. The van der Waals surface area contributed by atoms with Gasteiger partial charge in [0, 0.05) is 28.2 Å². The number of H-pyrrole nitrogens is 1. The summed E-state index contributed by atoms with van der Waals surface area (Å²) in [7, 11) is 0. The summed E-state index contributed by atoms with van der Waals surface area (Å²) < 4.78 is 0. The molecule has 1 aromatic heterocycles. The molecule has 0 saturated heterocycles. The first kappa shape index (κ1) is 12.0. The van der Waals surface area contributed by atoms with E-state index in [1.807, 2.05) is 37.3 Å². The van der Waals surface area contributed by atoms with Gasteiger partial charge in [-0.15, -0.1) is 0 Å². The molecule has 1 N–H and O–H groups in total. The van der Waals surface area contributed by atoms with Crippen molar-refractivity contribution in [3.63, 3.8) is 0 Å². The highest BCUT2D eigenvalue weighted by atomic mass is 35.5. The molecule has 19 heavy (non-hydrogen) atoms. The lowest BCUT2D eigenvalue weighted by Gasteiger charge is -2.02. The summed E-state index contributed by atoms with van der Waals surface area (Å²) >= 11 is 6.08. The molecule has 0 fully saturated rings. The number of rotatable bonds is 2. The molecule has 0 radical (unpaired) electrons. The second-order valence-corrected chi connectivity index (χ2v) is 4.97. The van der Waals surface area contributed by atoms with Crippen molar-refractivity contribution < 1.29 is 4.79 Å². The smallest absolute Gasteiger partial charge is 0.196 e. The average molecular weight is 270 g/mol. The van der Waals surface area contributed by atoms with E-state index in [0.29, 0.717) is 16.1 Å². The van der Waals surface area contributed by atoms with Crippen LogP contribution >= 0.6 is 11.6 Å². The second kappa shape index (κ2) is 4.56. The van der Waals surface area contributed by atoms with E-state index in [4.69, 9.17) is 11.6 Å². The number of ketones is 1. The Labute approximate surface area is 116 Å². The zero-order chi connectivity index (χ0) is 13.4. The number of fused-ring (bicyclic) bond motifs is 1. The maximum absolute atomic E-state index is 12.5.